The van der Waals surface area contributed by atoms with Crippen molar-refractivity contribution in [3.05, 3.63) is 0 Å². The van der Waals surface area contributed by atoms with Gasteiger partial charge in [0.15, 0.2) is 0 Å². The number of hydrogen-bond donors (Lipinski definition) is 4. The smallest absolute Gasteiger partial charge is 0.101 e. The molecule has 0 bridgehead atoms. The van der Waals surface area contributed by atoms with Crippen LogP contribution in [0, 0.1) is 22.7 Å². The normalized spacial score (nSPS) is 17.5. The number of aliphatic hydroxyl groups excluding tert-OH is 4. The van der Waals surface area contributed by atoms with E-state index in [2.05, 4.69) is 55.4 Å². The summed E-state index contributed by atoms with van der Waals surface area (Å²) in [6, 6.07) is 0. The maximum absolute atomic E-state index is 9.97. The van der Waals surface area contributed by atoms with Gasteiger partial charge in [0.05, 0.1) is 52.9 Å². The minimum absolute atomic E-state index is 0.00739. The highest BCUT2D eigenvalue weighted by atomic mass is 16.5. The lowest BCUT2D eigenvalue weighted by Crippen LogP contribution is -2.30. The predicted octanol–water partition coefficient (Wildman–Crippen LogP) is 3.44. The lowest BCUT2D eigenvalue weighted by molar-refractivity contribution is -0.0791. The summed E-state index contributed by atoms with van der Waals surface area (Å²) in [7, 11) is 0. The lowest BCUT2D eigenvalue weighted by atomic mass is 9.84. The third-order valence-corrected chi connectivity index (χ3v) is 5.91. The van der Waals surface area contributed by atoms with Gasteiger partial charge in [-0.1, -0.05) is 55.4 Å². The Morgan fingerprint density at radius 3 is 0.897 bits per heavy atom. The van der Waals surface area contributed by atoms with Gasteiger partial charge in [-0.25, -0.2) is 0 Å². The summed E-state index contributed by atoms with van der Waals surface area (Å²) in [6.45, 7) is 19.5. The lowest BCUT2D eigenvalue weighted by Gasteiger charge is -2.23. The van der Waals surface area contributed by atoms with Crippen molar-refractivity contribution >= 4 is 0 Å². The molecule has 6 unspecified atom stereocenters. The van der Waals surface area contributed by atoms with Crippen LogP contribution < -0.4 is 0 Å². The number of hydrogen-bond acceptors (Lipinski definition) is 9. The second-order valence-electron chi connectivity index (χ2n) is 13.7. The van der Waals surface area contributed by atoms with E-state index in [-0.39, 0.29) is 52.9 Å². The SMILES string of the molecule is CC(CCOCC(O)COCC(O)COCC(O)COCC(O)COCCC(C)CC(C)(C)C)CC(C)(C)C. The Morgan fingerprint density at radius 2 is 0.667 bits per heavy atom. The van der Waals surface area contributed by atoms with Crippen molar-refractivity contribution < 1.29 is 44.1 Å². The van der Waals surface area contributed by atoms with Crippen LogP contribution >= 0.6 is 0 Å². The van der Waals surface area contributed by atoms with Gasteiger partial charge in [-0.05, 0) is 48.3 Å². The standard InChI is InChI=1S/C30H62O9/c1-23(13-29(3,4)5)9-11-35-15-25(31)17-37-19-27(33)21-39-22-28(34)20-38-18-26(32)16-36-12-10-24(2)14-30(6,7)8/h23-28,31-34H,9-22H2,1-8H3. The van der Waals surface area contributed by atoms with Gasteiger partial charge in [-0.15, -0.1) is 0 Å². The fourth-order valence-electron chi connectivity index (χ4n) is 4.52. The molecule has 6 atom stereocenters. The third-order valence-electron chi connectivity index (χ3n) is 5.91. The van der Waals surface area contributed by atoms with Crippen LogP contribution in [0.15, 0.2) is 0 Å². The van der Waals surface area contributed by atoms with Crippen LogP contribution in [0.2, 0.25) is 0 Å². The van der Waals surface area contributed by atoms with Gasteiger partial charge in [-0.2, -0.15) is 0 Å². The Labute approximate surface area is 238 Å². The molecular weight excluding hydrogens is 504 g/mol. The molecule has 236 valence electrons. The zero-order chi connectivity index (χ0) is 29.9. The molecule has 0 saturated carbocycles. The van der Waals surface area contributed by atoms with E-state index in [4.69, 9.17) is 23.7 Å². The molecular formula is C30H62O9. The highest BCUT2D eigenvalue weighted by molar-refractivity contribution is 4.67. The second-order valence-corrected chi connectivity index (χ2v) is 13.7. The molecule has 0 heterocycles. The molecule has 9 heteroatoms. The first kappa shape index (κ1) is 38.6. The average molecular weight is 567 g/mol. The first-order chi connectivity index (χ1) is 18.1. The molecule has 0 aromatic heterocycles. The van der Waals surface area contributed by atoms with Crippen molar-refractivity contribution in [2.45, 2.75) is 105 Å². The van der Waals surface area contributed by atoms with E-state index in [9.17, 15) is 20.4 Å². The van der Waals surface area contributed by atoms with Gasteiger partial charge < -0.3 is 44.1 Å². The highest BCUT2D eigenvalue weighted by Gasteiger charge is 2.17. The van der Waals surface area contributed by atoms with E-state index >= 15 is 0 Å². The first-order valence-corrected chi connectivity index (χ1v) is 14.7. The number of ether oxygens (including phenoxy) is 5. The van der Waals surface area contributed by atoms with Crippen LogP contribution in [0.25, 0.3) is 0 Å². The Balaban J connectivity index is 3.68. The molecule has 0 aromatic rings. The summed E-state index contributed by atoms with van der Waals surface area (Å²) in [5.41, 5.74) is 0.597. The third kappa shape index (κ3) is 27.6. The Kier molecular flexibility index (Phi) is 21.2. The zero-order valence-electron chi connectivity index (χ0n) is 26.2. The minimum Gasteiger partial charge on any atom is -0.388 e. The highest BCUT2D eigenvalue weighted by Crippen LogP contribution is 2.26. The van der Waals surface area contributed by atoms with Crippen LogP contribution in [-0.4, -0.2) is 111 Å². The van der Waals surface area contributed by atoms with Crippen molar-refractivity contribution in [1.82, 2.24) is 0 Å². The van der Waals surface area contributed by atoms with Crippen LogP contribution in [0.1, 0.15) is 81.1 Å². The molecule has 9 nitrogen and oxygen atoms in total. The van der Waals surface area contributed by atoms with Gasteiger partial charge in [0.2, 0.25) is 0 Å². The summed E-state index contributed by atoms with van der Waals surface area (Å²) in [4.78, 5) is 0. The zero-order valence-corrected chi connectivity index (χ0v) is 26.2. The molecule has 0 amide bonds. The fourth-order valence-corrected chi connectivity index (χ4v) is 4.52. The molecule has 0 saturated heterocycles. The fraction of sp³-hybridized carbons (Fsp3) is 1.00. The van der Waals surface area contributed by atoms with Crippen molar-refractivity contribution in [1.29, 1.82) is 0 Å². The first-order valence-electron chi connectivity index (χ1n) is 14.7. The molecule has 0 aliphatic rings. The molecule has 0 aliphatic heterocycles. The van der Waals surface area contributed by atoms with E-state index in [0.29, 0.717) is 35.9 Å². The largest absolute Gasteiger partial charge is 0.388 e. The van der Waals surface area contributed by atoms with Gasteiger partial charge in [0, 0.05) is 13.2 Å². The van der Waals surface area contributed by atoms with E-state index in [1.165, 1.54) is 0 Å². The minimum atomic E-state index is -0.880. The van der Waals surface area contributed by atoms with Crippen LogP contribution in [0.5, 0.6) is 0 Å². The van der Waals surface area contributed by atoms with Crippen molar-refractivity contribution in [3.63, 3.8) is 0 Å². The maximum Gasteiger partial charge on any atom is 0.101 e. The Morgan fingerprint density at radius 1 is 0.436 bits per heavy atom. The Hall–Kier alpha value is -0.360. The quantitative estimate of drug-likeness (QED) is 0.130. The number of aliphatic hydroxyl groups is 4. The Bertz CT molecular complexity index is 514. The molecule has 39 heavy (non-hydrogen) atoms. The summed E-state index contributed by atoms with van der Waals surface area (Å²) >= 11 is 0. The van der Waals surface area contributed by atoms with Crippen molar-refractivity contribution in [3.8, 4) is 0 Å². The van der Waals surface area contributed by atoms with Crippen LogP contribution in [0.4, 0.5) is 0 Å². The van der Waals surface area contributed by atoms with Crippen molar-refractivity contribution in [2.24, 2.45) is 22.7 Å². The van der Waals surface area contributed by atoms with E-state index in [1.54, 1.807) is 0 Å². The van der Waals surface area contributed by atoms with Gasteiger partial charge in [0.25, 0.3) is 0 Å². The second kappa shape index (κ2) is 21.4. The summed E-state index contributed by atoms with van der Waals surface area (Å²) < 4.78 is 27.1. The van der Waals surface area contributed by atoms with Crippen LogP contribution in [-0.2, 0) is 23.7 Å². The summed E-state index contributed by atoms with van der Waals surface area (Å²) in [6.07, 6.45) is 0.879. The maximum atomic E-state index is 9.97. The summed E-state index contributed by atoms with van der Waals surface area (Å²) in [5.74, 6) is 1.12. The van der Waals surface area contributed by atoms with Gasteiger partial charge in [0.1, 0.15) is 24.4 Å². The predicted molar refractivity (Wildman–Crippen MR) is 154 cm³/mol. The van der Waals surface area contributed by atoms with Gasteiger partial charge >= 0.3 is 0 Å². The van der Waals surface area contributed by atoms with E-state index < -0.39 is 24.4 Å². The van der Waals surface area contributed by atoms with Crippen molar-refractivity contribution in [2.75, 3.05) is 66.1 Å². The van der Waals surface area contributed by atoms with Crippen LogP contribution in [0.3, 0.4) is 0 Å². The van der Waals surface area contributed by atoms with Gasteiger partial charge in [-0.3, -0.25) is 0 Å². The molecule has 0 rings (SSSR count). The topological polar surface area (TPSA) is 127 Å². The molecule has 0 aromatic carbocycles. The number of rotatable bonds is 24. The molecule has 0 radical (unpaired) electrons. The molecule has 0 fully saturated rings. The molecule has 0 aliphatic carbocycles. The monoisotopic (exact) mass is 566 g/mol. The molecule has 4 N–H and O–H groups in total. The molecule has 0 spiro atoms. The van der Waals surface area contributed by atoms with E-state index in [0.717, 1.165) is 25.7 Å². The van der Waals surface area contributed by atoms with E-state index in [1.807, 2.05) is 0 Å². The summed E-state index contributed by atoms with van der Waals surface area (Å²) in [5, 5.41) is 39.9. The average Bonchev–Trinajstić information content (AvgIpc) is 2.77.